The summed E-state index contributed by atoms with van der Waals surface area (Å²) in [6.07, 6.45) is 1.50. The molecule has 0 aliphatic heterocycles. The van der Waals surface area contributed by atoms with Crippen LogP contribution in [0.5, 0.6) is 0 Å². The number of nitrogens with one attached hydrogen (secondary N) is 2. The number of amides is 2. The number of carbonyl (C=O) groups is 2. The van der Waals surface area contributed by atoms with Crippen LogP contribution in [0.25, 0.3) is 10.7 Å². The number of carbonyl (C=O) groups excluding carboxylic acids is 2. The van der Waals surface area contributed by atoms with Gasteiger partial charge in [-0.3, -0.25) is 14.8 Å². The molecule has 2 rings (SSSR count). The number of nitrogens with zero attached hydrogens (tertiary/aromatic N) is 2. The molecule has 2 aromatic rings. The van der Waals surface area contributed by atoms with Gasteiger partial charge in [-0.1, -0.05) is 11.3 Å². The Kier molecular flexibility index (Phi) is 5.99. The van der Waals surface area contributed by atoms with Crippen molar-refractivity contribution in [3.8, 4) is 10.7 Å². The lowest BCUT2D eigenvalue weighted by molar-refractivity contribution is -0.655. The molecule has 0 spiro atoms. The predicted octanol–water partition coefficient (Wildman–Crippen LogP) is 1.10. The van der Waals surface area contributed by atoms with Gasteiger partial charge in [0.15, 0.2) is 5.01 Å². The van der Waals surface area contributed by atoms with Gasteiger partial charge in [0.25, 0.3) is 11.6 Å². The summed E-state index contributed by atoms with van der Waals surface area (Å²) in [5.41, 5.74) is 4.94. The molecule has 0 saturated heterocycles. The van der Waals surface area contributed by atoms with Crippen LogP contribution in [0.4, 0.5) is 0 Å². The van der Waals surface area contributed by atoms with Crippen LogP contribution in [0.3, 0.4) is 0 Å². The van der Waals surface area contributed by atoms with E-state index in [2.05, 4.69) is 10.3 Å². The molecule has 0 radical (unpaired) electrons. The number of rotatable bonds is 7. The smallest absolute Gasteiger partial charge is 0.270 e. The first-order chi connectivity index (χ1) is 10.6. The second-order valence-electron chi connectivity index (χ2n) is 4.64. The molecule has 22 heavy (non-hydrogen) atoms. The van der Waals surface area contributed by atoms with Crippen molar-refractivity contribution in [1.82, 2.24) is 15.8 Å². The highest BCUT2D eigenvalue weighted by Gasteiger charge is 2.17. The van der Waals surface area contributed by atoms with Crippen LogP contribution in [0.2, 0.25) is 0 Å². The fraction of sp³-hybridized carbons (Fsp3) is 0.385. The van der Waals surface area contributed by atoms with Crippen LogP contribution >= 0.6 is 22.7 Å². The molecule has 0 fully saturated rings. The molecular formula is C13H17N4O3S2+. The van der Waals surface area contributed by atoms with E-state index >= 15 is 0 Å². The molecule has 2 amide bonds. The van der Waals surface area contributed by atoms with E-state index in [1.54, 1.807) is 22.2 Å². The molecule has 118 valence electrons. The van der Waals surface area contributed by atoms with E-state index < -0.39 is 5.91 Å². The summed E-state index contributed by atoms with van der Waals surface area (Å²) in [5, 5.41) is 15.7. The number of thiazole rings is 2. The van der Waals surface area contributed by atoms with E-state index in [1.165, 1.54) is 11.3 Å². The first-order valence-electron chi connectivity index (χ1n) is 6.70. The predicted molar refractivity (Wildman–Crippen MR) is 82.7 cm³/mol. The second kappa shape index (κ2) is 7.97. The second-order valence-corrected chi connectivity index (χ2v) is 6.22. The molecule has 9 heteroatoms. The number of aromatic nitrogens is 2. The van der Waals surface area contributed by atoms with E-state index in [-0.39, 0.29) is 12.3 Å². The Morgan fingerprint density at radius 3 is 2.86 bits per heavy atom. The third kappa shape index (κ3) is 4.33. The fourth-order valence-corrected chi connectivity index (χ4v) is 3.48. The largest absolute Gasteiger partial charge is 0.351 e. The van der Waals surface area contributed by atoms with Gasteiger partial charge in [-0.25, -0.2) is 10.5 Å². The van der Waals surface area contributed by atoms with Gasteiger partial charge >= 0.3 is 0 Å². The molecule has 0 aliphatic rings. The van der Waals surface area contributed by atoms with Gasteiger partial charge in [0, 0.05) is 18.3 Å². The van der Waals surface area contributed by atoms with E-state index in [0.717, 1.165) is 10.7 Å². The third-order valence-electron chi connectivity index (χ3n) is 2.98. The summed E-state index contributed by atoms with van der Waals surface area (Å²) >= 11 is 3.01. The highest BCUT2D eigenvalue weighted by atomic mass is 32.1. The zero-order valence-electron chi connectivity index (χ0n) is 12.0. The minimum atomic E-state index is -0.417. The van der Waals surface area contributed by atoms with Crippen LogP contribution < -0.4 is 15.4 Å². The van der Waals surface area contributed by atoms with Crippen molar-refractivity contribution in [1.29, 1.82) is 0 Å². The van der Waals surface area contributed by atoms with Crippen molar-refractivity contribution in [2.75, 3.05) is 6.54 Å². The first-order valence-corrected chi connectivity index (χ1v) is 8.53. The average Bonchev–Trinajstić information content (AvgIpc) is 3.14. The minimum absolute atomic E-state index is 0.216. The van der Waals surface area contributed by atoms with Crippen molar-refractivity contribution in [2.45, 2.75) is 19.3 Å². The lowest BCUT2D eigenvalue weighted by Gasteiger charge is -2.02. The molecule has 0 saturated carbocycles. The summed E-state index contributed by atoms with van der Waals surface area (Å²) in [6, 6.07) is 0. The van der Waals surface area contributed by atoms with Crippen molar-refractivity contribution >= 4 is 34.5 Å². The van der Waals surface area contributed by atoms with Crippen molar-refractivity contribution in [3.05, 3.63) is 22.0 Å². The Bertz CT molecular complexity index is 653. The lowest BCUT2D eigenvalue weighted by Crippen LogP contribution is -2.27. The molecule has 3 N–H and O–H groups in total. The molecule has 7 nitrogen and oxygen atoms in total. The Labute approximate surface area is 135 Å². The van der Waals surface area contributed by atoms with Crippen molar-refractivity contribution in [2.24, 2.45) is 7.05 Å². The first kappa shape index (κ1) is 16.5. The van der Waals surface area contributed by atoms with E-state index in [1.807, 2.05) is 22.5 Å². The SMILES string of the molecule is C[n+]1cscc1-c1nc(C(=O)NCCCCC(=O)NO)cs1. The summed E-state index contributed by atoms with van der Waals surface area (Å²) < 4.78 is 1.97. The summed E-state index contributed by atoms with van der Waals surface area (Å²) in [7, 11) is 1.94. The summed E-state index contributed by atoms with van der Waals surface area (Å²) in [5.74, 6) is -0.633. The summed E-state index contributed by atoms with van der Waals surface area (Å²) in [6.45, 7) is 0.469. The molecule has 0 atom stereocenters. The molecule has 2 heterocycles. The molecule has 0 unspecified atom stereocenters. The van der Waals surface area contributed by atoms with Crippen LogP contribution in [-0.2, 0) is 11.8 Å². The van der Waals surface area contributed by atoms with Crippen molar-refractivity contribution in [3.63, 3.8) is 0 Å². The molecule has 0 aromatic carbocycles. The third-order valence-corrected chi connectivity index (χ3v) is 4.64. The minimum Gasteiger partial charge on any atom is -0.351 e. The van der Waals surface area contributed by atoms with E-state index in [0.29, 0.717) is 25.1 Å². The van der Waals surface area contributed by atoms with Gasteiger partial charge < -0.3 is 5.32 Å². The van der Waals surface area contributed by atoms with Gasteiger partial charge in [-0.15, -0.1) is 11.3 Å². The van der Waals surface area contributed by atoms with E-state index in [4.69, 9.17) is 5.21 Å². The lowest BCUT2D eigenvalue weighted by atomic mass is 10.2. The van der Waals surface area contributed by atoms with Gasteiger partial charge in [-0.05, 0) is 12.8 Å². The number of hydrogen-bond acceptors (Lipinski definition) is 6. The van der Waals surface area contributed by atoms with Crippen LogP contribution in [0.1, 0.15) is 29.8 Å². The normalized spacial score (nSPS) is 10.5. The quantitative estimate of drug-likeness (QED) is 0.304. The fourth-order valence-electron chi connectivity index (χ4n) is 1.78. The van der Waals surface area contributed by atoms with Crippen LogP contribution in [0.15, 0.2) is 16.3 Å². The molecule has 0 bridgehead atoms. The maximum Gasteiger partial charge on any atom is 0.270 e. The van der Waals surface area contributed by atoms with E-state index in [9.17, 15) is 9.59 Å². The Hall–Kier alpha value is -1.84. The maximum absolute atomic E-state index is 12.0. The van der Waals surface area contributed by atoms with Crippen molar-refractivity contribution < 1.29 is 19.4 Å². The highest BCUT2D eigenvalue weighted by molar-refractivity contribution is 7.13. The monoisotopic (exact) mass is 341 g/mol. The topological polar surface area (TPSA) is 95.2 Å². The van der Waals surface area contributed by atoms with Gasteiger partial charge in [0.1, 0.15) is 12.7 Å². The number of aryl methyl sites for hydroxylation is 1. The van der Waals surface area contributed by atoms with Crippen LogP contribution in [-0.4, -0.2) is 28.6 Å². The zero-order valence-corrected chi connectivity index (χ0v) is 13.7. The molecule has 2 aromatic heterocycles. The van der Waals surface area contributed by atoms with Gasteiger partial charge in [0.2, 0.25) is 11.4 Å². The standard InChI is InChI=1S/C13H16N4O3S2/c1-17-8-21-7-10(17)13-15-9(6-22-13)12(19)14-5-3-2-4-11(18)16-20/h6-8H,2-5H2,1H3,(H2-,14,16,18,19,20)/p+1. The Balaban J connectivity index is 1.80. The molecule has 0 aliphatic carbocycles. The average molecular weight is 341 g/mol. The Morgan fingerprint density at radius 1 is 1.36 bits per heavy atom. The van der Waals surface area contributed by atoms with Gasteiger partial charge in [-0.2, -0.15) is 4.57 Å². The zero-order chi connectivity index (χ0) is 15.9. The number of hydrogen-bond donors (Lipinski definition) is 3. The number of hydroxylamine groups is 1. The van der Waals surface area contributed by atoms with Crippen LogP contribution in [0, 0.1) is 0 Å². The maximum atomic E-state index is 12.0. The number of unbranched alkanes of at least 4 members (excludes halogenated alkanes) is 1. The molecular weight excluding hydrogens is 324 g/mol. The highest BCUT2D eigenvalue weighted by Crippen LogP contribution is 2.21. The van der Waals surface area contributed by atoms with Gasteiger partial charge in [0.05, 0.1) is 5.38 Å². The summed E-state index contributed by atoms with van der Waals surface area (Å²) in [4.78, 5) is 27.1. The Morgan fingerprint density at radius 2 is 2.18 bits per heavy atom.